The third kappa shape index (κ3) is 25.4. The van der Waals surface area contributed by atoms with Gasteiger partial charge in [-0.15, -0.1) is 5.06 Å². The molecule has 0 aromatic heterocycles. The average Bonchev–Trinajstić information content (AvgIpc) is 3.38. The van der Waals surface area contributed by atoms with Crippen LogP contribution in [0.1, 0.15) is 165 Å². The Morgan fingerprint density at radius 3 is 1.37 bits per heavy atom. The van der Waals surface area contributed by atoms with E-state index in [4.69, 9.17) is 19.0 Å². The molecule has 0 aliphatic carbocycles. The lowest BCUT2D eigenvalue weighted by Crippen LogP contribution is -2.57. The van der Waals surface area contributed by atoms with E-state index in [0.29, 0.717) is 17.9 Å². The highest BCUT2D eigenvalue weighted by Crippen LogP contribution is 2.16. The molecule has 1 aliphatic rings. The van der Waals surface area contributed by atoms with Gasteiger partial charge in [-0.25, -0.2) is 14.4 Å². The molecular weight excluding hydrogens is 742 g/mol. The summed E-state index contributed by atoms with van der Waals surface area (Å²) >= 11 is 0. The Labute approximate surface area is 338 Å². The maximum Gasteiger partial charge on any atom is 0.408 e. The van der Waals surface area contributed by atoms with E-state index in [1.807, 2.05) is 20.8 Å². The van der Waals surface area contributed by atoms with Crippen molar-refractivity contribution >= 4 is 47.8 Å². The van der Waals surface area contributed by atoms with Gasteiger partial charge in [0.2, 0.25) is 11.8 Å². The molecule has 17 heteroatoms. The van der Waals surface area contributed by atoms with E-state index in [-0.39, 0.29) is 37.7 Å². The monoisotopic (exact) mass is 811 g/mol. The van der Waals surface area contributed by atoms with E-state index < -0.39 is 71.3 Å². The number of hydrogen-bond acceptors (Lipinski definition) is 12. The number of unbranched alkanes of at least 4 members (excludes halogenated alkanes) is 11. The van der Waals surface area contributed by atoms with E-state index in [9.17, 15) is 38.4 Å². The molecule has 326 valence electrons. The molecule has 0 bridgehead atoms. The van der Waals surface area contributed by atoms with Crippen LogP contribution in [0.5, 0.6) is 0 Å². The number of imide groups is 1. The summed E-state index contributed by atoms with van der Waals surface area (Å²) in [5, 5.41) is 10.1. The second-order valence-corrected chi connectivity index (χ2v) is 17.3. The Morgan fingerprint density at radius 2 is 0.930 bits per heavy atom. The zero-order valence-corrected chi connectivity index (χ0v) is 35.7. The van der Waals surface area contributed by atoms with Crippen LogP contribution in [-0.4, -0.2) is 94.8 Å². The van der Waals surface area contributed by atoms with E-state index in [1.54, 1.807) is 41.5 Å². The van der Waals surface area contributed by atoms with Crippen molar-refractivity contribution in [3.63, 3.8) is 0 Å². The molecule has 4 N–H and O–H groups in total. The van der Waals surface area contributed by atoms with Gasteiger partial charge >= 0.3 is 24.1 Å². The maximum absolute atomic E-state index is 13.3. The summed E-state index contributed by atoms with van der Waals surface area (Å²) in [6.45, 7) is 14.4. The summed E-state index contributed by atoms with van der Waals surface area (Å²) in [4.78, 5) is 105. The predicted octanol–water partition coefficient (Wildman–Crippen LogP) is 5.42. The fourth-order valence-electron chi connectivity index (χ4n) is 5.46. The minimum atomic E-state index is -1.62. The number of ether oxygens (including phenoxy) is 3. The van der Waals surface area contributed by atoms with Crippen LogP contribution in [0, 0.1) is 0 Å². The highest BCUT2D eigenvalue weighted by atomic mass is 16.7. The van der Waals surface area contributed by atoms with Crippen LogP contribution >= 0.6 is 0 Å². The number of nitrogens with zero attached hydrogens (tertiary/aromatic N) is 1. The van der Waals surface area contributed by atoms with Crippen molar-refractivity contribution in [3.05, 3.63) is 0 Å². The van der Waals surface area contributed by atoms with E-state index >= 15 is 0 Å². The predicted molar refractivity (Wildman–Crippen MR) is 210 cm³/mol. The second-order valence-electron chi connectivity index (χ2n) is 17.3. The second kappa shape index (κ2) is 25.0. The number of rotatable bonds is 24. The van der Waals surface area contributed by atoms with Crippen molar-refractivity contribution in [2.75, 3.05) is 13.1 Å². The maximum atomic E-state index is 13.3. The molecule has 1 heterocycles. The number of hydroxylamine groups is 2. The summed E-state index contributed by atoms with van der Waals surface area (Å²) in [6.07, 6.45) is 10.8. The summed E-state index contributed by atoms with van der Waals surface area (Å²) in [6, 6.07) is -2.96. The van der Waals surface area contributed by atoms with Crippen molar-refractivity contribution in [1.82, 2.24) is 26.3 Å². The molecule has 0 radical (unpaired) electrons. The van der Waals surface area contributed by atoms with E-state index in [0.717, 1.165) is 57.8 Å². The summed E-state index contributed by atoms with van der Waals surface area (Å²) in [7, 11) is 0. The highest BCUT2D eigenvalue weighted by molar-refractivity contribution is 6.02. The lowest BCUT2D eigenvalue weighted by Gasteiger charge is -2.25. The minimum absolute atomic E-state index is 0.133. The molecular formula is C40H69N5O12. The van der Waals surface area contributed by atoms with Crippen molar-refractivity contribution in [2.45, 2.75) is 194 Å². The van der Waals surface area contributed by atoms with Crippen LogP contribution in [0.4, 0.5) is 9.59 Å². The van der Waals surface area contributed by atoms with E-state index in [2.05, 4.69) is 21.3 Å². The number of esters is 1. The molecule has 0 aromatic rings. The van der Waals surface area contributed by atoms with Crippen molar-refractivity contribution < 1.29 is 57.4 Å². The van der Waals surface area contributed by atoms with Gasteiger partial charge in [0.05, 0.1) is 0 Å². The summed E-state index contributed by atoms with van der Waals surface area (Å²) in [5.74, 6) is -4.00. The molecule has 0 spiro atoms. The smallest absolute Gasteiger partial charge is 0.408 e. The van der Waals surface area contributed by atoms with Crippen LogP contribution in [0.15, 0.2) is 0 Å². The lowest BCUT2D eigenvalue weighted by atomic mass is 10.0. The summed E-state index contributed by atoms with van der Waals surface area (Å²) < 4.78 is 15.8. The number of amides is 6. The molecule has 1 rings (SSSR count). The zero-order chi connectivity index (χ0) is 43.2. The number of nitrogens with one attached hydrogen (secondary N) is 4. The molecule has 0 saturated carbocycles. The van der Waals surface area contributed by atoms with Crippen molar-refractivity contribution in [1.29, 1.82) is 0 Å². The third-order valence-electron chi connectivity index (χ3n) is 8.11. The third-order valence-corrected chi connectivity index (χ3v) is 8.11. The molecule has 1 saturated heterocycles. The SMILES string of the molecule is CC(C)(C)OC(=O)CCCCCCCCCCCCCCC(=O)NC[C@H](NC(=O)OC(C)(C)C)C(=O)NC[C@H](NC(=O)OC(C)(C)C)C(=O)ON1C(=O)CCC1=O. The fourth-order valence-corrected chi connectivity index (χ4v) is 5.46. The molecule has 1 aliphatic heterocycles. The minimum Gasteiger partial charge on any atom is -0.460 e. The Kier molecular flexibility index (Phi) is 22.2. The molecule has 6 amide bonds. The molecule has 1 fully saturated rings. The highest BCUT2D eigenvalue weighted by Gasteiger charge is 2.36. The standard InChI is InChI=1S/C40H69N5O12/c1-38(2,3)54-33(49)23-21-19-17-15-13-11-10-12-14-16-18-20-22-30(46)41-26-28(43-36(52)55-39(4,5)6)34(50)42-27-29(44-37(53)56-40(7,8)9)35(51)57-45-31(47)24-25-32(45)48/h28-29H,10-27H2,1-9H3,(H,41,46)(H,42,50)(H,43,52)(H,44,53)/t28-,29-/m0/s1. The molecule has 57 heavy (non-hydrogen) atoms. The molecule has 0 aromatic carbocycles. The zero-order valence-electron chi connectivity index (χ0n) is 35.7. The first-order valence-electron chi connectivity index (χ1n) is 20.3. The van der Waals surface area contributed by atoms with Gasteiger partial charge in [0.1, 0.15) is 28.9 Å². The lowest BCUT2D eigenvalue weighted by molar-refractivity contribution is -0.198. The van der Waals surface area contributed by atoms with Crippen LogP contribution in [0.3, 0.4) is 0 Å². The number of carbonyl (C=O) groups is 8. The average molecular weight is 812 g/mol. The van der Waals surface area contributed by atoms with E-state index in [1.165, 1.54) is 12.8 Å². The van der Waals surface area contributed by atoms with Gasteiger partial charge in [0.15, 0.2) is 0 Å². The van der Waals surface area contributed by atoms with Crippen molar-refractivity contribution in [2.24, 2.45) is 0 Å². The number of carbonyl (C=O) groups excluding carboxylic acids is 8. The van der Waals surface area contributed by atoms with Crippen LogP contribution in [-0.2, 0) is 47.8 Å². The van der Waals surface area contributed by atoms with Crippen LogP contribution < -0.4 is 21.3 Å². The number of hydrogen-bond donors (Lipinski definition) is 4. The molecule has 0 unspecified atom stereocenters. The fraction of sp³-hybridized carbons (Fsp3) is 0.800. The Hall–Kier alpha value is -4.44. The largest absolute Gasteiger partial charge is 0.460 e. The number of alkyl carbamates (subject to hydrolysis) is 2. The van der Waals surface area contributed by atoms with Gasteiger partial charge in [0.25, 0.3) is 11.8 Å². The van der Waals surface area contributed by atoms with Gasteiger partial charge in [0, 0.05) is 38.8 Å². The van der Waals surface area contributed by atoms with Gasteiger partial charge in [-0.05, 0) is 75.2 Å². The normalized spacial score (nSPS) is 14.3. The van der Waals surface area contributed by atoms with Gasteiger partial charge in [-0.2, -0.15) is 0 Å². The molecule has 17 nitrogen and oxygen atoms in total. The quantitative estimate of drug-likeness (QED) is 0.0415. The first-order valence-corrected chi connectivity index (χ1v) is 20.3. The Morgan fingerprint density at radius 1 is 0.544 bits per heavy atom. The van der Waals surface area contributed by atoms with Crippen molar-refractivity contribution in [3.8, 4) is 0 Å². The first kappa shape index (κ1) is 50.6. The Balaban J connectivity index is 2.56. The first-order chi connectivity index (χ1) is 26.5. The van der Waals surface area contributed by atoms with Gasteiger partial charge in [-0.3, -0.25) is 24.0 Å². The van der Waals surface area contributed by atoms with Gasteiger partial charge < -0.3 is 40.3 Å². The Bertz CT molecular complexity index is 1330. The summed E-state index contributed by atoms with van der Waals surface area (Å²) in [5.41, 5.74) is -2.27. The molecule has 2 atom stereocenters. The topological polar surface area (TPSA) is 225 Å². The van der Waals surface area contributed by atoms with Crippen LogP contribution in [0.25, 0.3) is 0 Å². The van der Waals surface area contributed by atoms with Crippen LogP contribution in [0.2, 0.25) is 0 Å². The van der Waals surface area contributed by atoms with Gasteiger partial charge in [-0.1, -0.05) is 64.2 Å².